The number of nitrogens with one attached hydrogen (secondary N) is 1. The van der Waals surface area contributed by atoms with E-state index in [1.165, 1.54) is 16.8 Å². The van der Waals surface area contributed by atoms with Crippen LogP contribution in [0, 0.1) is 5.82 Å². The fourth-order valence-electron chi connectivity index (χ4n) is 2.36. The van der Waals surface area contributed by atoms with E-state index >= 15 is 0 Å². The minimum absolute atomic E-state index is 0.112. The normalized spacial score (nSPS) is 10.8. The summed E-state index contributed by atoms with van der Waals surface area (Å²) in [5, 5.41) is 13.4. The van der Waals surface area contributed by atoms with E-state index in [4.69, 9.17) is 5.11 Å². The van der Waals surface area contributed by atoms with Gasteiger partial charge in [-0.1, -0.05) is 24.3 Å². The highest BCUT2D eigenvalue weighted by atomic mass is 19.1. The number of halogens is 1. The second-order valence-electron chi connectivity index (χ2n) is 4.96. The summed E-state index contributed by atoms with van der Waals surface area (Å²) in [5.74, 6) is -0.768. The molecule has 112 valence electrons. The lowest BCUT2D eigenvalue weighted by Crippen LogP contribution is -2.10. The smallest absolute Gasteiger partial charge is 0.354 e. The van der Waals surface area contributed by atoms with E-state index < -0.39 is 5.97 Å². The van der Waals surface area contributed by atoms with Gasteiger partial charge in [-0.15, -0.1) is 0 Å². The van der Waals surface area contributed by atoms with Crippen molar-refractivity contribution in [1.82, 2.24) is 9.55 Å². The van der Waals surface area contributed by atoms with Gasteiger partial charge in [0.15, 0.2) is 0 Å². The molecule has 5 nitrogen and oxygen atoms in total. The van der Waals surface area contributed by atoms with Crippen LogP contribution in [-0.2, 0) is 13.6 Å². The average Bonchev–Trinajstić information content (AvgIpc) is 2.86. The molecule has 2 aromatic carbocycles. The molecular formula is C16H14FN3O2. The van der Waals surface area contributed by atoms with Crippen LogP contribution in [0.15, 0.2) is 42.6 Å². The van der Waals surface area contributed by atoms with Gasteiger partial charge in [0, 0.05) is 18.1 Å². The largest absolute Gasteiger partial charge is 0.477 e. The summed E-state index contributed by atoms with van der Waals surface area (Å²) in [6, 6.07) is 10.5. The SMILES string of the molecule is Cn1c(C(=O)O)cnc1CNc1cc(F)c2ccccc2c1. The summed E-state index contributed by atoms with van der Waals surface area (Å²) in [4.78, 5) is 15.0. The highest BCUT2D eigenvalue weighted by molar-refractivity contribution is 5.86. The van der Waals surface area contributed by atoms with Crippen molar-refractivity contribution < 1.29 is 14.3 Å². The molecule has 3 rings (SSSR count). The Morgan fingerprint density at radius 3 is 2.86 bits per heavy atom. The summed E-state index contributed by atoms with van der Waals surface area (Å²) < 4.78 is 15.5. The van der Waals surface area contributed by atoms with Crippen molar-refractivity contribution in [3.63, 3.8) is 0 Å². The summed E-state index contributed by atoms with van der Waals surface area (Å²) in [7, 11) is 1.63. The van der Waals surface area contributed by atoms with Crippen LogP contribution in [-0.4, -0.2) is 20.6 Å². The number of carboxylic acid groups (broad SMARTS) is 1. The number of carboxylic acids is 1. The number of fused-ring (bicyclic) bond motifs is 1. The van der Waals surface area contributed by atoms with Gasteiger partial charge in [-0.2, -0.15) is 0 Å². The lowest BCUT2D eigenvalue weighted by atomic mass is 10.1. The van der Waals surface area contributed by atoms with Gasteiger partial charge in [0.25, 0.3) is 0 Å². The van der Waals surface area contributed by atoms with Crippen molar-refractivity contribution in [2.24, 2.45) is 7.05 Å². The Morgan fingerprint density at radius 2 is 2.14 bits per heavy atom. The highest BCUT2D eigenvalue weighted by Gasteiger charge is 2.12. The molecule has 0 saturated heterocycles. The minimum Gasteiger partial charge on any atom is -0.477 e. The molecule has 1 aromatic heterocycles. The molecule has 0 spiro atoms. The van der Waals surface area contributed by atoms with E-state index in [0.717, 1.165) is 5.39 Å². The van der Waals surface area contributed by atoms with Crippen LogP contribution in [0.1, 0.15) is 16.3 Å². The van der Waals surface area contributed by atoms with E-state index in [-0.39, 0.29) is 11.5 Å². The zero-order chi connectivity index (χ0) is 15.7. The van der Waals surface area contributed by atoms with E-state index in [1.54, 1.807) is 19.2 Å². The predicted molar refractivity (Wildman–Crippen MR) is 81.4 cm³/mol. The first-order chi connectivity index (χ1) is 10.6. The maximum Gasteiger partial charge on any atom is 0.354 e. The standard InChI is InChI=1S/C16H14FN3O2/c1-20-14(16(21)22)8-19-15(20)9-18-11-6-10-4-2-3-5-12(10)13(17)7-11/h2-8,18H,9H2,1H3,(H,21,22). The van der Waals surface area contributed by atoms with Gasteiger partial charge in [-0.25, -0.2) is 14.2 Å². The molecule has 1 heterocycles. The summed E-state index contributed by atoms with van der Waals surface area (Å²) in [6.45, 7) is 0.307. The van der Waals surface area contributed by atoms with Crippen molar-refractivity contribution >= 4 is 22.4 Å². The quantitative estimate of drug-likeness (QED) is 0.777. The number of hydrogen-bond acceptors (Lipinski definition) is 3. The number of nitrogens with zero attached hydrogens (tertiary/aromatic N) is 2. The monoisotopic (exact) mass is 299 g/mol. The summed E-state index contributed by atoms with van der Waals surface area (Å²) in [6.07, 6.45) is 1.31. The van der Waals surface area contributed by atoms with Gasteiger partial charge in [0.1, 0.15) is 17.3 Å². The van der Waals surface area contributed by atoms with Gasteiger partial charge in [-0.3, -0.25) is 0 Å². The number of carbonyl (C=O) groups is 1. The molecule has 0 aliphatic carbocycles. The van der Waals surface area contributed by atoms with Crippen molar-refractivity contribution in [2.45, 2.75) is 6.54 Å². The molecule has 0 aliphatic heterocycles. The van der Waals surface area contributed by atoms with Gasteiger partial charge in [0.2, 0.25) is 0 Å². The molecular weight excluding hydrogens is 285 g/mol. The van der Waals surface area contributed by atoms with Crippen molar-refractivity contribution in [3.8, 4) is 0 Å². The predicted octanol–water partition coefficient (Wildman–Crippen LogP) is 3.02. The molecule has 0 bridgehead atoms. The summed E-state index contributed by atoms with van der Waals surface area (Å²) >= 11 is 0. The van der Waals surface area contributed by atoms with Gasteiger partial charge in [-0.05, 0) is 17.5 Å². The molecule has 0 fully saturated rings. The molecule has 2 N–H and O–H groups in total. The molecule has 22 heavy (non-hydrogen) atoms. The third kappa shape index (κ3) is 2.50. The Balaban J connectivity index is 1.84. The first-order valence-electron chi connectivity index (χ1n) is 6.72. The maximum atomic E-state index is 14.0. The van der Waals surface area contributed by atoms with Crippen LogP contribution in [0.25, 0.3) is 10.8 Å². The Labute approximate surface area is 126 Å². The second-order valence-corrected chi connectivity index (χ2v) is 4.96. The van der Waals surface area contributed by atoms with E-state index in [0.29, 0.717) is 23.4 Å². The molecule has 0 radical (unpaired) electrons. The van der Waals surface area contributed by atoms with Gasteiger partial charge in [0.05, 0.1) is 12.7 Å². The van der Waals surface area contributed by atoms with E-state index in [2.05, 4.69) is 10.3 Å². The number of anilines is 1. The van der Waals surface area contributed by atoms with Crippen molar-refractivity contribution in [3.05, 3.63) is 59.9 Å². The second kappa shape index (κ2) is 5.48. The zero-order valence-electron chi connectivity index (χ0n) is 11.9. The molecule has 0 aliphatic rings. The van der Waals surface area contributed by atoms with Crippen LogP contribution in [0.2, 0.25) is 0 Å². The fraction of sp³-hybridized carbons (Fsp3) is 0.125. The maximum absolute atomic E-state index is 14.0. The fourth-order valence-corrected chi connectivity index (χ4v) is 2.36. The zero-order valence-corrected chi connectivity index (χ0v) is 11.9. The Kier molecular flexibility index (Phi) is 3.50. The average molecular weight is 299 g/mol. The molecule has 0 saturated carbocycles. The summed E-state index contributed by atoms with van der Waals surface area (Å²) in [5.41, 5.74) is 0.734. The Bertz CT molecular complexity index is 858. The lowest BCUT2D eigenvalue weighted by molar-refractivity contribution is 0.0686. The molecule has 6 heteroatoms. The van der Waals surface area contributed by atoms with Crippen molar-refractivity contribution in [2.75, 3.05) is 5.32 Å². The van der Waals surface area contributed by atoms with Crippen LogP contribution >= 0.6 is 0 Å². The van der Waals surface area contributed by atoms with Crippen LogP contribution in [0.4, 0.5) is 10.1 Å². The lowest BCUT2D eigenvalue weighted by Gasteiger charge is -2.09. The Morgan fingerprint density at radius 1 is 1.36 bits per heavy atom. The molecule has 0 atom stereocenters. The van der Waals surface area contributed by atoms with E-state index in [9.17, 15) is 9.18 Å². The third-order valence-corrected chi connectivity index (χ3v) is 3.57. The van der Waals surface area contributed by atoms with Crippen molar-refractivity contribution in [1.29, 1.82) is 0 Å². The molecule has 0 unspecified atom stereocenters. The van der Waals surface area contributed by atoms with E-state index in [1.807, 2.05) is 18.2 Å². The van der Waals surface area contributed by atoms with Gasteiger partial charge >= 0.3 is 5.97 Å². The number of rotatable bonds is 4. The minimum atomic E-state index is -1.03. The number of aromatic carboxylic acids is 1. The number of benzene rings is 2. The number of hydrogen-bond donors (Lipinski definition) is 2. The topological polar surface area (TPSA) is 67.2 Å². The highest BCUT2D eigenvalue weighted by Crippen LogP contribution is 2.23. The third-order valence-electron chi connectivity index (χ3n) is 3.57. The van der Waals surface area contributed by atoms with Crippen LogP contribution < -0.4 is 5.32 Å². The number of imidazole rings is 1. The van der Waals surface area contributed by atoms with Crippen LogP contribution in [0.3, 0.4) is 0 Å². The first-order valence-corrected chi connectivity index (χ1v) is 6.72. The van der Waals surface area contributed by atoms with Crippen LogP contribution in [0.5, 0.6) is 0 Å². The molecule has 0 amide bonds. The van der Waals surface area contributed by atoms with Gasteiger partial charge < -0.3 is 15.0 Å². The first kappa shape index (κ1) is 14.1. The number of aromatic nitrogens is 2. The molecule has 3 aromatic rings. The Hall–Kier alpha value is -2.89.